The lowest BCUT2D eigenvalue weighted by Crippen LogP contribution is -2.27. The molecule has 0 aliphatic rings. The molecule has 3 rings (SSSR count). The Morgan fingerprint density at radius 2 is 1.96 bits per heavy atom. The first-order chi connectivity index (χ1) is 12.7. The molecule has 0 saturated heterocycles. The standard InChI is InChI=1S/C17H16F3N5O2/c1-10(2)15(26)21-7-12-8-25(9-22-12)13-5-3-11(4-6-13)14-23-16(27-24-14)17(18,19)20/h3-6,8-10H,7H2,1-2H3,(H,21,26). The fraction of sp³-hybridized carbons (Fsp3) is 0.294. The third-order valence-electron chi connectivity index (χ3n) is 3.70. The molecule has 142 valence electrons. The van der Waals surface area contributed by atoms with Gasteiger partial charge in [0.15, 0.2) is 0 Å². The van der Waals surface area contributed by atoms with E-state index in [2.05, 4.69) is 25.0 Å². The van der Waals surface area contributed by atoms with E-state index in [4.69, 9.17) is 0 Å². The smallest absolute Gasteiger partial charge is 0.350 e. The Morgan fingerprint density at radius 3 is 2.56 bits per heavy atom. The van der Waals surface area contributed by atoms with Crippen LogP contribution in [0, 0.1) is 5.92 Å². The zero-order valence-electron chi connectivity index (χ0n) is 14.5. The monoisotopic (exact) mass is 379 g/mol. The molecular weight excluding hydrogens is 363 g/mol. The highest BCUT2D eigenvalue weighted by Gasteiger charge is 2.38. The second kappa shape index (κ2) is 7.22. The van der Waals surface area contributed by atoms with Gasteiger partial charge in [-0.05, 0) is 24.3 Å². The second-order valence-electron chi connectivity index (χ2n) is 6.11. The molecule has 1 aromatic carbocycles. The van der Waals surface area contributed by atoms with E-state index in [1.54, 1.807) is 55.2 Å². The van der Waals surface area contributed by atoms with E-state index in [0.717, 1.165) is 5.69 Å². The third kappa shape index (κ3) is 4.33. The molecule has 7 nitrogen and oxygen atoms in total. The molecule has 2 aromatic heterocycles. The number of hydrogen-bond donors (Lipinski definition) is 1. The van der Waals surface area contributed by atoms with Crippen LogP contribution in [0.5, 0.6) is 0 Å². The number of carbonyl (C=O) groups is 1. The lowest BCUT2D eigenvalue weighted by molar-refractivity contribution is -0.159. The van der Waals surface area contributed by atoms with E-state index in [-0.39, 0.29) is 17.6 Å². The summed E-state index contributed by atoms with van der Waals surface area (Å²) in [4.78, 5) is 19.2. The largest absolute Gasteiger partial charge is 0.471 e. The predicted molar refractivity (Wildman–Crippen MR) is 88.5 cm³/mol. The Hall–Kier alpha value is -3.17. The maximum Gasteiger partial charge on any atom is 0.471 e. The summed E-state index contributed by atoms with van der Waals surface area (Å²) in [5.74, 6) is -1.70. The Kier molecular flexibility index (Phi) is 4.98. The number of alkyl halides is 3. The molecular formula is C17H16F3N5O2. The molecule has 3 aromatic rings. The van der Waals surface area contributed by atoms with Crippen LogP contribution in [0.2, 0.25) is 0 Å². The number of benzene rings is 1. The quantitative estimate of drug-likeness (QED) is 0.736. The van der Waals surface area contributed by atoms with Gasteiger partial charge in [-0.15, -0.1) is 0 Å². The van der Waals surface area contributed by atoms with Crippen molar-refractivity contribution in [2.45, 2.75) is 26.6 Å². The first-order valence-electron chi connectivity index (χ1n) is 8.06. The van der Waals surface area contributed by atoms with Gasteiger partial charge in [-0.3, -0.25) is 4.79 Å². The lowest BCUT2D eigenvalue weighted by Gasteiger charge is -2.05. The van der Waals surface area contributed by atoms with Gasteiger partial charge in [0.2, 0.25) is 11.7 Å². The van der Waals surface area contributed by atoms with E-state index < -0.39 is 12.1 Å². The van der Waals surface area contributed by atoms with Crippen molar-refractivity contribution in [3.63, 3.8) is 0 Å². The minimum atomic E-state index is -4.68. The van der Waals surface area contributed by atoms with Gasteiger partial charge in [0.25, 0.3) is 0 Å². The SMILES string of the molecule is CC(C)C(=O)NCc1cn(-c2ccc(-c3noc(C(F)(F)F)n3)cc2)cn1. The molecule has 0 saturated carbocycles. The van der Waals surface area contributed by atoms with Gasteiger partial charge in [0.1, 0.15) is 0 Å². The van der Waals surface area contributed by atoms with Crippen molar-refractivity contribution in [3.8, 4) is 17.1 Å². The summed E-state index contributed by atoms with van der Waals surface area (Å²) in [5, 5.41) is 6.12. The Morgan fingerprint density at radius 1 is 1.26 bits per heavy atom. The van der Waals surface area contributed by atoms with Gasteiger partial charge < -0.3 is 14.4 Å². The van der Waals surface area contributed by atoms with Gasteiger partial charge in [0.05, 0.1) is 18.6 Å². The van der Waals surface area contributed by atoms with Crippen molar-refractivity contribution in [3.05, 3.63) is 48.4 Å². The fourth-order valence-corrected chi connectivity index (χ4v) is 2.22. The van der Waals surface area contributed by atoms with E-state index in [9.17, 15) is 18.0 Å². The molecule has 2 heterocycles. The number of carbonyl (C=O) groups excluding carboxylic acids is 1. The van der Waals surface area contributed by atoms with E-state index in [0.29, 0.717) is 17.8 Å². The summed E-state index contributed by atoms with van der Waals surface area (Å²) in [7, 11) is 0. The summed E-state index contributed by atoms with van der Waals surface area (Å²) in [6.45, 7) is 3.92. The highest BCUT2D eigenvalue weighted by molar-refractivity contribution is 5.77. The molecule has 0 spiro atoms. The van der Waals surface area contributed by atoms with Crippen molar-refractivity contribution < 1.29 is 22.5 Å². The molecule has 27 heavy (non-hydrogen) atoms. The molecule has 0 unspecified atom stereocenters. The van der Waals surface area contributed by atoms with Gasteiger partial charge in [-0.1, -0.05) is 19.0 Å². The number of aromatic nitrogens is 4. The molecule has 0 radical (unpaired) electrons. The van der Waals surface area contributed by atoms with E-state index in [1.807, 2.05) is 0 Å². The zero-order valence-corrected chi connectivity index (χ0v) is 14.5. The van der Waals surface area contributed by atoms with Gasteiger partial charge >= 0.3 is 12.1 Å². The minimum Gasteiger partial charge on any atom is -0.350 e. The molecule has 0 bridgehead atoms. The van der Waals surface area contributed by atoms with Crippen LogP contribution in [0.4, 0.5) is 13.2 Å². The van der Waals surface area contributed by atoms with Gasteiger partial charge in [-0.25, -0.2) is 4.98 Å². The summed E-state index contributed by atoms with van der Waals surface area (Å²) in [6.07, 6.45) is -1.34. The van der Waals surface area contributed by atoms with Crippen molar-refractivity contribution in [1.29, 1.82) is 0 Å². The molecule has 0 atom stereocenters. The maximum absolute atomic E-state index is 12.5. The predicted octanol–water partition coefficient (Wildman–Crippen LogP) is 3.21. The Labute approximate surface area is 152 Å². The Bertz CT molecular complexity index is 929. The first-order valence-corrected chi connectivity index (χ1v) is 8.06. The van der Waals surface area contributed by atoms with Crippen molar-refractivity contribution >= 4 is 5.91 Å². The van der Waals surface area contributed by atoms with Crippen LogP contribution in [0.15, 0.2) is 41.3 Å². The number of nitrogens with zero attached hydrogens (tertiary/aromatic N) is 4. The molecule has 1 N–H and O–H groups in total. The number of nitrogens with one attached hydrogen (secondary N) is 1. The number of hydrogen-bond acceptors (Lipinski definition) is 5. The lowest BCUT2D eigenvalue weighted by atomic mass is 10.2. The first kappa shape index (κ1) is 18.6. The van der Waals surface area contributed by atoms with Crippen LogP contribution in [-0.4, -0.2) is 25.6 Å². The van der Waals surface area contributed by atoms with E-state index in [1.165, 1.54) is 0 Å². The fourth-order valence-electron chi connectivity index (χ4n) is 2.22. The number of halogens is 3. The molecule has 1 amide bonds. The number of amides is 1. The highest BCUT2D eigenvalue weighted by atomic mass is 19.4. The average molecular weight is 379 g/mol. The van der Waals surface area contributed by atoms with Gasteiger partial charge in [-0.2, -0.15) is 18.2 Å². The van der Waals surface area contributed by atoms with Crippen molar-refractivity contribution in [2.24, 2.45) is 5.92 Å². The van der Waals surface area contributed by atoms with Crippen LogP contribution < -0.4 is 5.32 Å². The van der Waals surface area contributed by atoms with Crippen LogP contribution >= 0.6 is 0 Å². The molecule has 0 aliphatic heterocycles. The second-order valence-corrected chi connectivity index (χ2v) is 6.11. The summed E-state index contributed by atoms with van der Waals surface area (Å²) in [5.41, 5.74) is 1.82. The van der Waals surface area contributed by atoms with E-state index >= 15 is 0 Å². The molecule has 0 fully saturated rings. The summed E-state index contributed by atoms with van der Waals surface area (Å²) >= 11 is 0. The van der Waals surface area contributed by atoms with Crippen LogP contribution in [-0.2, 0) is 17.5 Å². The third-order valence-corrected chi connectivity index (χ3v) is 3.70. The maximum atomic E-state index is 12.5. The van der Waals surface area contributed by atoms with Crippen LogP contribution in [0.3, 0.4) is 0 Å². The summed E-state index contributed by atoms with van der Waals surface area (Å²) in [6, 6.07) is 6.55. The number of rotatable bonds is 5. The van der Waals surface area contributed by atoms with Crippen LogP contribution in [0.1, 0.15) is 25.4 Å². The van der Waals surface area contributed by atoms with Crippen molar-refractivity contribution in [1.82, 2.24) is 25.0 Å². The molecule has 0 aliphatic carbocycles. The van der Waals surface area contributed by atoms with Crippen molar-refractivity contribution in [2.75, 3.05) is 0 Å². The minimum absolute atomic E-state index is 0.0627. The zero-order chi connectivity index (χ0) is 19.6. The normalized spacial score (nSPS) is 11.8. The van der Waals surface area contributed by atoms with Crippen LogP contribution in [0.25, 0.3) is 17.1 Å². The number of imidazole rings is 1. The van der Waals surface area contributed by atoms with Gasteiger partial charge in [0, 0.05) is 23.4 Å². The summed E-state index contributed by atoms with van der Waals surface area (Å²) < 4.78 is 43.5. The average Bonchev–Trinajstić information content (AvgIpc) is 3.29. The topological polar surface area (TPSA) is 85.8 Å². The highest BCUT2D eigenvalue weighted by Crippen LogP contribution is 2.29. The molecule has 10 heteroatoms. The Balaban J connectivity index is 1.71.